The summed E-state index contributed by atoms with van der Waals surface area (Å²) in [6.45, 7) is 3.45. The first-order valence-corrected chi connectivity index (χ1v) is 8.98. The molecule has 1 N–H and O–H groups in total. The van der Waals surface area contributed by atoms with Gasteiger partial charge in [0.15, 0.2) is 0 Å². The summed E-state index contributed by atoms with van der Waals surface area (Å²) >= 11 is 7.25. The molecule has 7 heteroatoms. The summed E-state index contributed by atoms with van der Waals surface area (Å²) in [5.74, 6) is -0.433. The summed E-state index contributed by atoms with van der Waals surface area (Å²) in [6.07, 6.45) is 0.565. The van der Waals surface area contributed by atoms with Gasteiger partial charge < -0.3 is 0 Å². The standard InChI is InChI=1S/C14H15ClFNO2S2/c1-9-7-11(16)8-10(2)14(9)21(18,19)17-6-5-12-3-4-13(15)20-12/h3-4,7-8,17H,5-6H2,1-2H3. The van der Waals surface area contributed by atoms with E-state index in [4.69, 9.17) is 11.6 Å². The quantitative estimate of drug-likeness (QED) is 0.896. The van der Waals surface area contributed by atoms with Gasteiger partial charge in [-0.15, -0.1) is 11.3 Å². The fourth-order valence-corrected chi connectivity index (χ4v) is 4.76. The maximum atomic E-state index is 13.2. The average Bonchev–Trinajstić information content (AvgIpc) is 2.72. The molecule has 0 bridgehead atoms. The van der Waals surface area contributed by atoms with Crippen molar-refractivity contribution in [1.82, 2.24) is 4.72 Å². The fraction of sp³-hybridized carbons (Fsp3) is 0.286. The SMILES string of the molecule is Cc1cc(F)cc(C)c1S(=O)(=O)NCCc1ccc(Cl)s1. The van der Waals surface area contributed by atoms with Crippen molar-refractivity contribution in [2.45, 2.75) is 25.2 Å². The van der Waals surface area contributed by atoms with Crippen LogP contribution in [0.2, 0.25) is 4.34 Å². The molecule has 21 heavy (non-hydrogen) atoms. The summed E-state index contributed by atoms with van der Waals surface area (Å²) < 4.78 is 41.1. The third-order valence-corrected chi connectivity index (χ3v) is 6.04. The number of thiophene rings is 1. The minimum atomic E-state index is -3.65. The van der Waals surface area contributed by atoms with E-state index in [9.17, 15) is 12.8 Å². The Hall–Kier alpha value is -0.950. The van der Waals surface area contributed by atoms with E-state index < -0.39 is 15.8 Å². The predicted molar refractivity (Wildman–Crippen MR) is 84.1 cm³/mol. The van der Waals surface area contributed by atoms with E-state index >= 15 is 0 Å². The van der Waals surface area contributed by atoms with Crippen LogP contribution in [0.4, 0.5) is 4.39 Å². The number of aryl methyl sites for hydroxylation is 2. The second kappa shape index (κ2) is 6.44. The van der Waals surface area contributed by atoms with E-state index in [0.29, 0.717) is 21.9 Å². The predicted octanol–water partition coefficient (Wildman–Crippen LogP) is 3.68. The van der Waals surface area contributed by atoms with Crippen molar-refractivity contribution in [3.05, 3.63) is 50.4 Å². The molecule has 0 unspecified atom stereocenters. The van der Waals surface area contributed by atoms with Crippen molar-refractivity contribution in [2.24, 2.45) is 0 Å². The third-order valence-electron chi connectivity index (χ3n) is 2.99. The zero-order valence-electron chi connectivity index (χ0n) is 11.6. The second-order valence-corrected chi connectivity index (χ2v) is 8.23. The second-order valence-electron chi connectivity index (χ2n) is 4.72. The number of hydrogen-bond acceptors (Lipinski definition) is 3. The lowest BCUT2D eigenvalue weighted by atomic mass is 10.1. The molecular formula is C14H15ClFNO2S2. The van der Waals surface area contributed by atoms with E-state index in [0.717, 1.165) is 4.88 Å². The lowest BCUT2D eigenvalue weighted by Gasteiger charge is -2.12. The molecule has 0 aliphatic carbocycles. The molecule has 0 atom stereocenters. The molecule has 0 amide bonds. The Labute approximate surface area is 132 Å². The summed E-state index contributed by atoms with van der Waals surface area (Å²) in [6, 6.07) is 6.10. The van der Waals surface area contributed by atoms with E-state index in [1.807, 2.05) is 6.07 Å². The topological polar surface area (TPSA) is 46.2 Å². The number of halogens is 2. The molecule has 0 aliphatic heterocycles. The molecule has 1 heterocycles. The number of sulfonamides is 1. The highest BCUT2D eigenvalue weighted by Gasteiger charge is 2.19. The Morgan fingerprint density at radius 3 is 2.38 bits per heavy atom. The largest absolute Gasteiger partial charge is 0.241 e. The van der Waals surface area contributed by atoms with Gasteiger partial charge >= 0.3 is 0 Å². The minimum Gasteiger partial charge on any atom is -0.211 e. The highest BCUT2D eigenvalue weighted by molar-refractivity contribution is 7.89. The minimum absolute atomic E-state index is 0.146. The summed E-state index contributed by atoms with van der Waals surface area (Å²) in [4.78, 5) is 1.16. The Morgan fingerprint density at radius 1 is 1.24 bits per heavy atom. The molecule has 3 nitrogen and oxygen atoms in total. The van der Waals surface area contributed by atoms with Gasteiger partial charge in [-0.3, -0.25) is 0 Å². The van der Waals surface area contributed by atoms with Gasteiger partial charge in [-0.25, -0.2) is 17.5 Å². The first kappa shape index (κ1) is 16.4. The fourth-order valence-electron chi connectivity index (χ4n) is 2.19. The molecule has 1 aromatic heterocycles. The van der Waals surface area contributed by atoms with E-state index in [2.05, 4.69) is 4.72 Å². The van der Waals surface area contributed by atoms with Gasteiger partial charge in [-0.1, -0.05) is 11.6 Å². The van der Waals surface area contributed by atoms with Crippen LogP contribution < -0.4 is 4.72 Å². The lowest BCUT2D eigenvalue weighted by molar-refractivity contribution is 0.579. The third kappa shape index (κ3) is 4.03. The Morgan fingerprint density at radius 2 is 1.86 bits per heavy atom. The highest BCUT2D eigenvalue weighted by atomic mass is 35.5. The molecule has 0 fully saturated rings. The van der Waals surface area contributed by atoms with Crippen LogP contribution >= 0.6 is 22.9 Å². The van der Waals surface area contributed by atoms with Gasteiger partial charge in [-0.05, 0) is 55.7 Å². The van der Waals surface area contributed by atoms with Gasteiger partial charge in [0, 0.05) is 11.4 Å². The van der Waals surface area contributed by atoms with E-state index in [1.165, 1.54) is 23.5 Å². The van der Waals surface area contributed by atoms with Crippen LogP contribution in [0.1, 0.15) is 16.0 Å². The Balaban J connectivity index is 2.12. The maximum absolute atomic E-state index is 13.2. The van der Waals surface area contributed by atoms with Gasteiger partial charge in [0.25, 0.3) is 0 Å². The summed E-state index contributed by atoms with van der Waals surface area (Å²) in [5.41, 5.74) is 0.804. The lowest BCUT2D eigenvalue weighted by Crippen LogP contribution is -2.27. The molecule has 0 aliphatic rings. The van der Waals surface area contributed by atoms with Crippen molar-refractivity contribution in [3.8, 4) is 0 Å². The van der Waals surface area contributed by atoms with Crippen LogP contribution in [-0.4, -0.2) is 15.0 Å². The van der Waals surface area contributed by atoms with E-state index in [1.54, 1.807) is 19.9 Å². The Kier molecular flexibility index (Phi) is 5.03. The van der Waals surface area contributed by atoms with Gasteiger partial charge in [0.1, 0.15) is 5.82 Å². The molecule has 1 aromatic carbocycles. The first-order valence-electron chi connectivity index (χ1n) is 6.30. The number of nitrogens with one attached hydrogen (secondary N) is 1. The first-order chi connectivity index (χ1) is 9.79. The van der Waals surface area contributed by atoms with Crippen LogP contribution in [-0.2, 0) is 16.4 Å². The molecule has 0 saturated carbocycles. The Bertz CT molecular complexity index is 733. The van der Waals surface area contributed by atoms with E-state index in [-0.39, 0.29) is 11.4 Å². The summed E-state index contributed by atoms with van der Waals surface area (Å²) in [5, 5.41) is 0. The van der Waals surface area contributed by atoms with Crippen molar-refractivity contribution >= 4 is 33.0 Å². The maximum Gasteiger partial charge on any atom is 0.241 e. The molecule has 0 spiro atoms. The van der Waals surface area contributed by atoms with Crippen LogP contribution in [0.3, 0.4) is 0 Å². The monoisotopic (exact) mass is 347 g/mol. The summed E-state index contributed by atoms with van der Waals surface area (Å²) in [7, 11) is -3.65. The van der Waals surface area contributed by atoms with Crippen molar-refractivity contribution in [1.29, 1.82) is 0 Å². The molecule has 114 valence electrons. The van der Waals surface area contributed by atoms with Gasteiger partial charge in [0.05, 0.1) is 9.23 Å². The van der Waals surface area contributed by atoms with Crippen LogP contribution in [0.25, 0.3) is 0 Å². The van der Waals surface area contributed by atoms with Crippen LogP contribution in [0, 0.1) is 19.7 Å². The van der Waals surface area contributed by atoms with Crippen molar-refractivity contribution < 1.29 is 12.8 Å². The smallest absolute Gasteiger partial charge is 0.211 e. The molecule has 0 radical (unpaired) electrons. The van der Waals surface area contributed by atoms with Crippen LogP contribution in [0.15, 0.2) is 29.2 Å². The highest BCUT2D eigenvalue weighted by Crippen LogP contribution is 2.23. The number of hydrogen-bond donors (Lipinski definition) is 1. The molecule has 2 rings (SSSR count). The molecule has 2 aromatic rings. The molecule has 0 saturated heterocycles. The van der Waals surface area contributed by atoms with Crippen molar-refractivity contribution in [3.63, 3.8) is 0 Å². The average molecular weight is 348 g/mol. The molecular weight excluding hydrogens is 333 g/mol. The van der Waals surface area contributed by atoms with Gasteiger partial charge in [-0.2, -0.15) is 0 Å². The van der Waals surface area contributed by atoms with Crippen LogP contribution in [0.5, 0.6) is 0 Å². The van der Waals surface area contributed by atoms with Gasteiger partial charge in [0.2, 0.25) is 10.0 Å². The van der Waals surface area contributed by atoms with Crippen molar-refractivity contribution in [2.75, 3.05) is 6.54 Å². The zero-order valence-corrected chi connectivity index (χ0v) is 14.0. The zero-order chi connectivity index (χ0) is 15.6. The normalized spacial score (nSPS) is 11.8. The number of benzene rings is 1. The number of rotatable bonds is 5.